The SMILES string of the molecule is Cc1cc(C(C)Nc2ncnc3ccc(N)cc23)c(C)o1. The molecule has 3 rings (SSSR count). The van der Waals surface area contributed by atoms with E-state index in [2.05, 4.69) is 22.2 Å². The third-order valence-corrected chi connectivity index (χ3v) is 3.56. The zero-order valence-electron chi connectivity index (χ0n) is 12.3. The molecule has 5 heteroatoms. The van der Waals surface area contributed by atoms with Crippen LogP contribution in [0.3, 0.4) is 0 Å². The van der Waals surface area contributed by atoms with Crippen LogP contribution in [0.15, 0.2) is 35.0 Å². The number of fused-ring (bicyclic) bond motifs is 1. The molecule has 3 N–H and O–H groups in total. The number of aromatic nitrogens is 2. The van der Waals surface area contributed by atoms with Crippen molar-refractivity contribution in [3.05, 3.63) is 47.7 Å². The zero-order chi connectivity index (χ0) is 15.0. The van der Waals surface area contributed by atoms with Gasteiger partial charge in [0.05, 0.1) is 11.6 Å². The lowest BCUT2D eigenvalue weighted by atomic mass is 10.1. The molecule has 5 nitrogen and oxygen atoms in total. The maximum Gasteiger partial charge on any atom is 0.137 e. The van der Waals surface area contributed by atoms with Crippen molar-refractivity contribution in [2.75, 3.05) is 11.1 Å². The Morgan fingerprint density at radius 1 is 1.19 bits per heavy atom. The normalized spacial score (nSPS) is 12.5. The molecule has 0 saturated carbocycles. The number of hydrogen-bond acceptors (Lipinski definition) is 5. The molecule has 1 unspecified atom stereocenters. The van der Waals surface area contributed by atoms with Crippen LogP contribution in [0.2, 0.25) is 0 Å². The number of rotatable bonds is 3. The predicted octanol–water partition coefficient (Wildman–Crippen LogP) is 3.59. The Kier molecular flexibility index (Phi) is 3.25. The summed E-state index contributed by atoms with van der Waals surface area (Å²) in [5.74, 6) is 2.61. The summed E-state index contributed by atoms with van der Waals surface area (Å²) < 4.78 is 5.59. The van der Waals surface area contributed by atoms with Gasteiger partial charge in [-0.25, -0.2) is 9.97 Å². The summed E-state index contributed by atoms with van der Waals surface area (Å²) in [6.07, 6.45) is 1.56. The molecule has 0 saturated heterocycles. The number of nitrogens with two attached hydrogens (primary N) is 1. The van der Waals surface area contributed by atoms with Gasteiger partial charge in [-0.15, -0.1) is 0 Å². The molecule has 3 aromatic rings. The summed E-state index contributed by atoms with van der Waals surface area (Å²) in [6, 6.07) is 7.76. The summed E-state index contributed by atoms with van der Waals surface area (Å²) >= 11 is 0. The molecule has 0 radical (unpaired) electrons. The topological polar surface area (TPSA) is 77.0 Å². The van der Waals surface area contributed by atoms with Crippen molar-refractivity contribution in [3.8, 4) is 0 Å². The highest BCUT2D eigenvalue weighted by molar-refractivity contribution is 5.91. The monoisotopic (exact) mass is 282 g/mol. The minimum atomic E-state index is 0.0852. The van der Waals surface area contributed by atoms with E-state index in [9.17, 15) is 0 Å². The highest BCUT2D eigenvalue weighted by Crippen LogP contribution is 2.28. The van der Waals surface area contributed by atoms with Gasteiger partial charge in [-0.2, -0.15) is 0 Å². The van der Waals surface area contributed by atoms with E-state index >= 15 is 0 Å². The average Bonchev–Trinajstić information content (AvgIpc) is 2.78. The maximum absolute atomic E-state index is 5.86. The van der Waals surface area contributed by atoms with E-state index in [4.69, 9.17) is 10.2 Å². The van der Waals surface area contributed by atoms with Gasteiger partial charge in [-0.05, 0) is 45.0 Å². The molecular weight excluding hydrogens is 264 g/mol. The second kappa shape index (κ2) is 5.09. The van der Waals surface area contributed by atoms with Gasteiger partial charge in [0, 0.05) is 16.6 Å². The second-order valence-electron chi connectivity index (χ2n) is 5.23. The van der Waals surface area contributed by atoms with Crippen LogP contribution in [0.5, 0.6) is 0 Å². The summed E-state index contributed by atoms with van der Waals surface area (Å²) in [7, 11) is 0. The lowest BCUT2D eigenvalue weighted by Crippen LogP contribution is -2.09. The fraction of sp³-hybridized carbons (Fsp3) is 0.250. The molecule has 21 heavy (non-hydrogen) atoms. The van der Waals surface area contributed by atoms with Crippen molar-refractivity contribution in [1.29, 1.82) is 0 Å². The first-order chi connectivity index (χ1) is 10.0. The number of hydrogen-bond donors (Lipinski definition) is 2. The average molecular weight is 282 g/mol. The number of nitrogens with zero attached hydrogens (tertiary/aromatic N) is 2. The van der Waals surface area contributed by atoms with Crippen molar-refractivity contribution in [1.82, 2.24) is 9.97 Å². The van der Waals surface area contributed by atoms with E-state index < -0.39 is 0 Å². The van der Waals surface area contributed by atoms with E-state index in [0.717, 1.165) is 33.8 Å². The first-order valence-electron chi connectivity index (χ1n) is 6.88. The van der Waals surface area contributed by atoms with E-state index in [1.807, 2.05) is 38.1 Å². The quantitative estimate of drug-likeness (QED) is 0.718. The Balaban J connectivity index is 1.98. The van der Waals surface area contributed by atoms with Gasteiger partial charge < -0.3 is 15.5 Å². The van der Waals surface area contributed by atoms with Gasteiger partial charge >= 0.3 is 0 Å². The number of furan rings is 1. The molecule has 108 valence electrons. The molecule has 1 atom stereocenters. The van der Waals surface area contributed by atoms with Crippen LogP contribution in [0, 0.1) is 13.8 Å². The molecule has 2 aromatic heterocycles. The van der Waals surface area contributed by atoms with Crippen LogP contribution < -0.4 is 11.1 Å². The predicted molar refractivity (Wildman–Crippen MR) is 84.2 cm³/mol. The first kappa shape index (κ1) is 13.4. The van der Waals surface area contributed by atoms with Gasteiger partial charge in [0.25, 0.3) is 0 Å². The molecule has 0 bridgehead atoms. The summed E-state index contributed by atoms with van der Waals surface area (Å²) in [5.41, 5.74) is 8.56. The Bertz CT molecular complexity index is 794. The fourth-order valence-corrected chi connectivity index (χ4v) is 2.55. The van der Waals surface area contributed by atoms with Crippen LogP contribution in [-0.2, 0) is 0 Å². The molecule has 0 aliphatic heterocycles. The van der Waals surface area contributed by atoms with Crippen molar-refractivity contribution < 1.29 is 4.42 Å². The first-order valence-corrected chi connectivity index (χ1v) is 6.88. The Hall–Kier alpha value is -2.56. The molecule has 0 spiro atoms. The molecule has 0 amide bonds. The van der Waals surface area contributed by atoms with Crippen LogP contribution >= 0.6 is 0 Å². The smallest absolute Gasteiger partial charge is 0.137 e. The van der Waals surface area contributed by atoms with Crippen LogP contribution in [0.25, 0.3) is 10.9 Å². The van der Waals surface area contributed by atoms with Gasteiger partial charge in [0.15, 0.2) is 0 Å². The summed E-state index contributed by atoms with van der Waals surface area (Å²) in [6.45, 7) is 6.00. The number of benzene rings is 1. The van der Waals surface area contributed by atoms with E-state index in [1.54, 1.807) is 6.33 Å². The Labute approximate surface area is 123 Å². The largest absolute Gasteiger partial charge is 0.466 e. The molecule has 2 heterocycles. The molecule has 0 fully saturated rings. The minimum absolute atomic E-state index is 0.0852. The van der Waals surface area contributed by atoms with Crippen molar-refractivity contribution in [2.45, 2.75) is 26.8 Å². The maximum atomic E-state index is 5.86. The van der Waals surface area contributed by atoms with E-state index in [-0.39, 0.29) is 6.04 Å². The second-order valence-corrected chi connectivity index (χ2v) is 5.23. The third-order valence-electron chi connectivity index (χ3n) is 3.56. The standard InChI is InChI=1S/C16H18N4O/c1-9-6-13(11(3)21-9)10(2)20-16-14-7-12(17)4-5-15(14)18-8-19-16/h4-8,10H,17H2,1-3H3,(H,18,19,20). The highest BCUT2D eigenvalue weighted by atomic mass is 16.3. The van der Waals surface area contributed by atoms with E-state index in [1.165, 1.54) is 0 Å². The van der Waals surface area contributed by atoms with Crippen molar-refractivity contribution in [3.63, 3.8) is 0 Å². The summed E-state index contributed by atoms with van der Waals surface area (Å²) in [5, 5.41) is 4.33. The molecule has 0 aliphatic carbocycles. The minimum Gasteiger partial charge on any atom is -0.466 e. The van der Waals surface area contributed by atoms with Gasteiger partial charge in [-0.3, -0.25) is 0 Å². The van der Waals surface area contributed by atoms with Crippen molar-refractivity contribution >= 4 is 22.4 Å². The summed E-state index contributed by atoms with van der Waals surface area (Å²) in [4.78, 5) is 8.60. The van der Waals surface area contributed by atoms with Crippen LogP contribution in [0.4, 0.5) is 11.5 Å². The lowest BCUT2D eigenvalue weighted by Gasteiger charge is -2.15. The lowest BCUT2D eigenvalue weighted by molar-refractivity contribution is 0.500. The third kappa shape index (κ3) is 2.54. The number of anilines is 2. The van der Waals surface area contributed by atoms with E-state index in [0.29, 0.717) is 5.69 Å². The van der Waals surface area contributed by atoms with Crippen LogP contribution in [-0.4, -0.2) is 9.97 Å². The van der Waals surface area contributed by atoms with Gasteiger partial charge in [-0.1, -0.05) is 0 Å². The van der Waals surface area contributed by atoms with Gasteiger partial charge in [0.2, 0.25) is 0 Å². The number of nitrogen functional groups attached to an aromatic ring is 1. The molecule has 1 aromatic carbocycles. The Morgan fingerprint density at radius 3 is 2.71 bits per heavy atom. The zero-order valence-corrected chi connectivity index (χ0v) is 12.3. The molecular formula is C16H18N4O. The van der Waals surface area contributed by atoms with Crippen molar-refractivity contribution in [2.24, 2.45) is 0 Å². The van der Waals surface area contributed by atoms with Crippen LogP contribution in [0.1, 0.15) is 30.0 Å². The molecule has 0 aliphatic rings. The fourth-order valence-electron chi connectivity index (χ4n) is 2.55. The van der Waals surface area contributed by atoms with Gasteiger partial charge in [0.1, 0.15) is 23.7 Å². The Morgan fingerprint density at radius 2 is 2.00 bits per heavy atom. The highest BCUT2D eigenvalue weighted by Gasteiger charge is 2.14. The number of nitrogens with one attached hydrogen (secondary N) is 1. The number of aryl methyl sites for hydroxylation is 2.